The molecule has 1 saturated heterocycles. The van der Waals surface area contributed by atoms with Gasteiger partial charge in [0, 0.05) is 24.3 Å². The minimum absolute atomic E-state index is 0.0726. The van der Waals surface area contributed by atoms with Crippen LogP contribution in [0, 0.1) is 5.92 Å². The molecule has 1 atom stereocenters. The Labute approximate surface area is 164 Å². The number of amides is 2. The summed E-state index contributed by atoms with van der Waals surface area (Å²) in [6, 6.07) is 10.6. The van der Waals surface area contributed by atoms with Crippen LogP contribution in [0.2, 0.25) is 0 Å². The maximum Gasteiger partial charge on any atom is 0.265 e. The summed E-state index contributed by atoms with van der Waals surface area (Å²) in [5.41, 5.74) is 1.29. The van der Waals surface area contributed by atoms with Gasteiger partial charge in [-0.15, -0.1) is 11.3 Å². The molecular weight excluding hydrogens is 358 g/mol. The molecular formula is C21H27N3O2S. The van der Waals surface area contributed by atoms with Crippen molar-refractivity contribution in [3.05, 3.63) is 52.2 Å². The zero-order valence-electron chi connectivity index (χ0n) is 15.7. The van der Waals surface area contributed by atoms with Crippen molar-refractivity contribution in [1.82, 2.24) is 10.2 Å². The first-order chi connectivity index (χ1) is 13.1. The highest BCUT2D eigenvalue weighted by Gasteiger charge is 2.14. The van der Waals surface area contributed by atoms with E-state index in [1.807, 2.05) is 11.4 Å². The van der Waals surface area contributed by atoms with Gasteiger partial charge in [0.05, 0.1) is 4.88 Å². The fourth-order valence-corrected chi connectivity index (χ4v) is 3.94. The van der Waals surface area contributed by atoms with Crippen LogP contribution in [-0.2, 0) is 0 Å². The number of carbonyl (C=O) groups excluding carboxylic acids is 2. The lowest BCUT2D eigenvalue weighted by Crippen LogP contribution is -2.38. The Bertz CT molecular complexity index is 737. The Morgan fingerprint density at radius 2 is 1.81 bits per heavy atom. The van der Waals surface area contributed by atoms with E-state index in [1.54, 1.807) is 30.3 Å². The highest BCUT2D eigenvalue weighted by Crippen LogP contribution is 2.15. The molecule has 0 radical (unpaired) electrons. The fraction of sp³-hybridized carbons (Fsp3) is 0.429. The third-order valence-electron chi connectivity index (χ3n) is 4.78. The Morgan fingerprint density at radius 1 is 1.07 bits per heavy atom. The molecule has 1 aromatic carbocycles. The molecule has 3 rings (SSSR count). The molecule has 27 heavy (non-hydrogen) atoms. The highest BCUT2D eigenvalue weighted by atomic mass is 32.1. The van der Waals surface area contributed by atoms with E-state index in [0.717, 1.165) is 6.54 Å². The summed E-state index contributed by atoms with van der Waals surface area (Å²) < 4.78 is 0. The van der Waals surface area contributed by atoms with Crippen LogP contribution in [0.15, 0.2) is 41.8 Å². The number of benzene rings is 1. The lowest BCUT2D eigenvalue weighted by molar-refractivity contribution is 0.0942. The maximum absolute atomic E-state index is 12.4. The average Bonchev–Trinajstić information content (AvgIpc) is 3.22. The predicted molar refractivity (Wildman–Crippen MR) is 111 cm³/mol. The first kappa shape index (κ1) is 19.6. The van der Waals surface area contributed by atoms with Gasteiger partial charge in [-0.3, -0.25) is 9.59 Å². The molecule has 1 aliphatic heterocycles. The molecule has 1 unspecified atom stereocenters. The van der Waals surface area contributed by atoms with Crippen LogP contribution in [0.1, 0.15) is 46.2 Å². The number of thiophene rings is 1. The van der Waals surface area contributed by atoms with Gasteiger partial charge in [-0.05, 0) is 67.6 Å². The Balaban J connectivity index is 1.45. The average molecular weight is 386 g/mol. The van der Waals surface area contributed by atoms with Gasteiger partial charge in [-0.1, -0.05) is 19.4 Å². The van der Waals surface area contributed by atoms with E-state index in [4.69, 9.17) is 0 Å². The van der Waals surface area contributed by atoms with Crippen molar-refractivity contribution in [2.45, 2.75) is 26.2 Å². The van der Waals surface area contributed by atoms with Crippen LogP contribution in [0.25, 0.3) is 0 Å². The van der Waals surface area contributed by atoms with Crippen LogP contribution in [0.3, 0.4) is 0 Å². The van der Waals surface area contributed by atoms with Gasteiger partial charge in [0.2, 0.25) is 0 Å². The number of hydrogen-bond acceptors (Lipinski definition) is 4. The monoisotopic (exact) mass is 385 g/mol. The molecule has 2 aromatic rings. The summed E-state index contributed by atoms with van der Waals surface area (Å²) in [6.45, 7) is 6.24. The minimum atomic E-state index is -0.131. The molecule has 0 aliphatic carbocycles. The SMILES string of the molecule is CC(CNC(=O)c1ccc(NC(=O)c2cccs2)cc1)CN1CCCCC1. The van der Waals surface area contributed by atoms with Gasteiger partial charge < -0.3 is 15.5 Å². The summed E-state index contributed by atoms with van der Waals surface area (Å²) in [5.74, 6) is 0.224. The zero-order chi connectivity index (χ0) is 19.1. The molecule has 144 valence electrons. The number of hydrogen-bond donors (Lipinski definition) is 2. The molecule has 2 N–H and O–H groups in total. The van der Waals surface area contributed by atoms with Crippen molar-refractivity contribution in [2.75, 3.05) is 31.5 Å². The van der Waals surface area contributed by atoms with E-state index in [2.05, 4.69) is 22.5 Å². The van der Waals surface area contributed by atoms with Gasteiger partial charge in [0.1, 0.15) is 0 Å². The Kier molecular flexibility index (Phi) is 7.01. The summed E-state index contributed by atoms with van der Waals surface area (Å²) >= 11 is 1.40. The largest absolute Gasteiger partial charge is 0.352 e. The van der Waals surface area contributed by atoms with Gasteiger partial charge in [-0.25, -0.2) is 0 Å². The Morgan fingerprint density at radius 3 is 2.48 bits per heavy atom. The lowest BCUT2D eigenvalue weighted by Gasteiger charge is -2.29. The normalized spacial score (nSPS) is 15.9. The number of nitrogens with one attached hydrogen (secondary N) is 2. The van der Waals surface area contributed by atoms with Crippen molar-refractivity contribution in [3.63, 3.8) is 0 Å². The van der Waals surface area contributed by atoms with Crippen LogP contribution in [0.4, 0.5) is 5.69 Å². The molecule has 6 heteroatoms. The number of likely N-dealkylation sites (tertiary alicyclic amines) is 1. The van der Waals surface area contributed by atoms with E-state index in [-0.39, 0.29) is 11.8 Å². The van der Waals surface area contributed by atoms with Gasteiger partial charge in [0.15, 0.2) is 0 Å². The highest BCUT2D eigenvalue weighted by molar-refractivity contribution is 7.12. The number of piperidine rings is 1. The first-order valence-electron chi connectivity index (χ1n) is 9.57. The van der Waals surface area contributed by atoms with Crippen molar-refractivity contribution < 1.29 is 9.59 Å². The molecule has 5 nitrogen and oxygen atoms in total. The van der Waals surface area contributed by atoms with Crippen molar-refractivity contribution in [2.24, 2.45) is 5.92 Å². The van der Waals surface area contributed by atoms with E-state index in [9.17, 15) is 9.59 Å². The van der Waals surface area contributed by atoms with Crippen LogP contribution < -0.4 is 10.6 Å². The van der Waals surface area contributed by atoms with Crippen molar-refractivity contribution >= 4 is 28.8 Å². The number of nitrogens with zero attached hydrogens (tertiary/aromatic N) is 1. The van der Waals surface area contributed by atoms with Gasteiger partial charge >= 0.3 is 0 Å². The van der Waals surface area contributed by atoms with Crippen molar-refractivity contribution in [3.8, 4) is 0 Å². The summed E-state index contributed by atoms with van der Waals surface area (Å²) in [7, 11) is 0. The molecule has 2 amide bonds. The number of carbonyl (C=O) groups is 2. The van der Waals surface area contributed by atoms with Crippen LogP contribution >= 0.6 is 11.3 Å². The van der Waals surface area contributed by atoms with Crippen LogP contribution in [0.5, 0.6) is 0 Å². The van der Waals surface area contributed by atoms with E-state index in [0.29, 0.717) is 28.6 Å². The topological polar surface area (TPSA) is 61.4 Å². The second kappa shape index (κ2) is 9.67. The maximum atomic E-state index is 12.4. The summed E-state index contributed by atoms with van der Waals surface area (Å²) in [5, 5.41) is 7.73. The summed E-state index contributed by atoms with van der Waals surface area (Å²) in [4.78, 5) is 27.6. The fourth-order valence-electron chi connectivity index (χ4n) is 3.32. The molecule has 0 bridgehead atoms. The summed E-state index contributed by atoms with van der Waals surface area (Å²) in [6.07, 6.45) is 3.91. The molecule has 1 aromatic heterocycles. The molecule has 0 saturated carbocycles. The minimum Gasteiger partial charge on any atom is -0.352 e. The number of rotatable bonds is 7. The molecule has 1 fully saturated rings. The quantitative estimate of drug-likeness (QED) is 0.761. The molecule has 2 heterocycles. The van der Waals surface area contributed by atoms with Crippen molar-refractivity contribution in [1.29, 1.82) is 0 Å². The van der Waals surface area contributed by atoms with Gasteiger partial charge in [-0.2, -0.15) is 0 Å². The molecule has 1 aliphatic rings. The zero-order valence-corrected chi connectivity index (χ0v) is 16.6. The van der Waals surface area contributed by atoms with E-state index in [1.165, 1.54) is 43.7 Å². The molecule has 0 spiro atoms. The smallest absolute Gasteiger partial charge is 0.265 e. The second-order valence-electron chi connectivity index (χ2n) is 7.19. The first-order valence-corrected chi connectivity index (χ1v) is 10.5. The van der Waals surface area contributed by atoms with Crippen LogP contribution in [-0.4, -0.2) is 42.9 Å². The standard InChI is InChI=1S/C21H27N3O2S/c1-16(15-24-11-3-2-4-12-24)14-22-20(25)17-7-9-18(10-8-17)23-21(26)19-6-5-13-27-19/h5-10,13,16H,2-4,11-12,14-15H2,1H3,(H,22,25)(H,23,26). The third-order valence-corrected chi connectivity index (χ3v) is 5.65. The number of anilines is 1. The Hall–Kier alpha value is -2.18. The third kappa shape index (κ3) is 5.91. The predicted octanol–water partition coefficient (Wildman–Crippen LogP) is 3.85. The van der Waals surface area contributed by atoms with E-state index >= 15 is 0 Å². The lowest BCUT2D eigenvalue weighted by atomic mass is 10.1. The van der Waals surface area contributed by atoms with E-state index < -0.39 is 0 Å². The van der Waals surface area contributed by atoms with Gasteiger partial charge in [0.25, 0.3) is 11.8 Å². The second-order valence-corrected chi connectivity index (χ2v) is 8.13.